The van der Waals surface area contributed by atoms with Crippen LogP contribution in [0, 0.1) is 5.92 Å². The summed E-state index contributed by atoms with van der Waals surface area (Å²) in [5, 5.41) is 2.75. The number of carbonyl (C=O) groups excluding carboxylic acids is 1. The van der Waals surface area contributed by atoms with Crippen LogP contribution in [0.2, 0.25) is 0 Å². The lowest BCUT2D eigenvalue weighted by atomic mass is 9.83. The molecule has 4 rings (SSSR count). The lowest BCUT2D eigenvalue weighted by molar-refractivity contribution is -0.134. The lowest BCUT2D eigenvalue weighted by Gasteiger charge is -2.45. The van der Waals surface area contributed by atoms with E-state index in [1.165, 1.54) is 42.2 Å². The number of likely N-dealkylation sites (tertiary alicyclic amines) is 1. The molecule has 10 heteroatoms. The maximum atomic E-state index is 13.8. The average Bonchev–Trinajstić information content (AvgIpc) is 2.79. The average molecular weight is 513 g/mol. The highest BCUT2D eigenvalue weighted by molar-refractivity contribution is 6.07. The molecule has 37 heavy (non-hydrogen) atoms. The molecular weight excluding hydrogens is 481 g/mol. The first-order valence-electron chi connectivity index (χ1n) is 12.2. The number of aromatic nitrogens is 1. The maximum Gasteiger partial charge on any atom is 0.435 e. The molecule has 1 aliphatic carbocycles. The molecule has 1 aliphatic heterocycles. The third kappa shape index (κ3) is 6.31. The van der Waals surface area contributed by atoms with Gasteiger partial charge in [0.05, 0.1) is 17.6 Å². The van der Waals surface area contributed by atoms with Crippen molar-refractivity contribution in [1.29, 1.82) is 0 Å². The number of alkyl halides is 3. The van der Waals surface area contributed by atoms with Gasteiger partial charge >= 0.3 is 6.18 Å². The first-order chi connectivity index (χ1) is 17.7. The van der Waals surface area contributed by atoms with Crippen LogP contribution in [-0.2, 0) is 11.3 Å². The van der Waals surface area contributed by atoms with Crippen molar-refractivity contribution in [2.75, 3.05) is 25.5 Å². The summed E-state index contributed by atoms with van der Waals surface area (Å²) in [6.07, 6.45) is 2.23. The third-order valence-electron chi connectivity index (χ3n) is 6.67. The molecule has 0 bridgehead atoms. The molecule has 1 aromatic carbocycles. The molecule has 2 aliphatic rings. The van der Waals surface area contributed by atoms with E-state index in [9.17, 15) is 18.0 Å². The van der Waals surface area contributed by atoms with E-state index in [2.05, 4.69) is 27.2 Å². The highest BCUT2D eigenvalue weighted by Crippen LogP contribution is 2.37. The number of benzene rings is 1. The van der Waals surface area contributed by atoms with Crippen LogP contribution in [0.3, 0.4) is 0 Å². The summed E-state index contributed by atoms with van der Waals surface area (Å²) in [6.45, 7) is 3.75. The number of pyridine rings is 1. The molecule has 1 saturated heterocycles. The fourth-order valence-corrected chi connectivity index (χ4v) is 4.60. The van der Waals surface area contributed by atoms with E-state index < -0.39 is 11.9 Å². The predicted octanol–water partition coefficient (Wildman–Crippen LogP) is 4.98. The van der Waals surface area contributed by atoms with Crippen molar-refractivity contribution in [2.45, 2.75) is 38.9 Å². The zero-order valence-electron chi connectivity index (χ0n) is 20.9. The fraction of sp³-hybridized carbons (Fsp3) is 0.370. The number of amides is 1. The monoisotopic (exact) mass is 512 g/mol. The van der Waals surface area contributed by atoms with Crippen LogP contribution in [-0.4, -0.2) is 52.7 Å². The topological polar surface area (TPSA) is 86.9 Å². The normalized spacial score (nSPS) is 16.7. The Balaban J connectivity index is 1.45. The van der Waals surface area contributed by atoms with Gasteiger partial charge in [0.25, 0.3) is 0 Å². The van der Waals surface area contributed by atoms with E-state index in [1.807, 2.05) is 17.0 Å². The summed E-state index contributed by atoms with van der Waals surface area (Å²) in [5.74, 6) is 0.451. The maximum absolute atomic E-state index is 13.8. The molecule has 1 aromatic heterocycles. The number of aliphatic imine (C=N–C) groups is 1. The minimum absolute atomic E-state index is 0.0728. The van der Waals surface area contributed by atoms with Gasteiger partial charge in [-0.1, -0.05) is 17.7 Å². The van der Waals surface area contributed by atoms with E-state index in [1.54, 1.807) is 19.1 Å². The van der Waals surface area contributed by atoms with Gasteiger partial charge in [-0.15, -0.1) is 0 Å². The second-order valence-electron chi connectivity index (χ2n) is 9.39. The summed E-state index contributed by atoms with van der Waals surface area (Å²) in [6, 6.07) is 10.2. The number of allylic oxidation sites excluding steroid dienone is 2. The molecule has 2 heterocycles. The van der Waals surface area contributed by atoms with Crippen LogP contribution >= 0.6 is 0 Å². The van der Waals surface area contributed by atoms with Crippen molar-refractivity contribution in [2.24, 2.45) is 16.6 Å². The van der Waals surface area contributed by atoms with Crippen LogP contribution in [0.25, 0.3) is 0 Å². The minimum Gasteiger partial charge on any atom is -0.403 e. The lowest BCUT2D eigenvalue weighted by Crippen LogP contribution is -2.52. The Morgan fingerprint density at radius 2 is 1.95 bits per heavy atom. The Kier molecular flexibility index (Phi) is 7.85. The second kappa shape index (κ2) is 11.1. The Morgan fingerprint density at radius 3 is 2.46 bits per heavy atom. The molecule has 0 spiro atoms. The van der Waals surface area contributed by atoms with Gasteiger partial charge in [-0.05, 0) is 49.1 Å². The number of nitrogens with two attached hydrogens (primary N) is 1. The van der Waals surface area contributed by atoms with Crippen molar-refractivity contribution in [1.82, 2.24) is 14.8 Å². The number of nitrogens with zero attached hydrogens (tertiary/aromatic N) is 4. The van der Waals surface area contributed by atoms with Gasteiger partial charge in [-0.3, -0.25) is 9.78 Å². The van der Waals surface area contributed by atoms with E-state index in [4.69, 9.17) is 5.73 Å². The summed E-state index contributed by atoms with van der Waals surface area (Å²) in [7, 11) is 2.06. The van der Waals surface area contributed by atoms with Crippen LogP contribution in [0.1, 0.15) is 31.7 Å². The zero-order valence-corrected chi connectivity index (χ0v) is 20.9. The van der Waals surface area contributed by atoms with Gasteiger partial charge in [0.1, 0.15) is 0 Å². The molecule has 2 fully saturated rings. The molecule has 1 amide bonds. The largest absolute Gasteiger partial charge is 0.435 e. The van der Waals surface area contributed by atoms with Gasteiger partial charge in [-0.2, -0.15) is 13.2 Å². The second-order valence-corrected chi connectivity index (χ2v) is 9.39. The molecule has 0 atom stereocenters. The Hall–Kier alpha value is -3.82. The zero-order chi connectivity index (χ0) is 26.6. The summed E-state index contributed by atoms with van der Waals surface area (Å²) in [4.78, 5) is 23.3. The van der Waals surface area contributed by atoms with Gasteiger partial charge in [-0.25, -0.2) is 4.99 Å². The summed E-state index contributed by atoms with van der Waals surface area (Å²) < 4.78 is 41.3. The minimum atomic E-state index is -4.72. The number of nitrogens with one attached hydrogen (secondary N) is 1. The molecule has 0 radical (unpaired) electrons. The molecule has 1 saturated carbocycles. The van der Waals surface area contributed by atoms with Crippen molar-refractivity contribution in [3.63, 3.8) is 0 Å². The summed E-state index contributed by atoms with van der Waals surface area (Å²) >= 11 is 0. The number of carbonyl (C=O) groups is 1. The van der Waals surface area contributed by atoms with E-state index in [-0.39, 0.29) is 17.3 Å². The number of anilines is 1. The molecular formula is C27H31F3N6O. The van der Waals surface area contributed by atoms with Gasteiger partial charge in [0, 0.05) is 63.3 Å². The predicted molar refractivity (Wildman–Crippen MR) is 138 cm³/mol. The van der Waals surface area contributed by atoms with E-state index in [0.717, 1.165) is 37.7 Å². The standard InChI is InChI=1S/C27H31F3N6O/c1-18(37)36-16-21(17-36)25(20-5-3-6-20)35(2)15-19-8-10-22(11-9-19)33-24(13-31)26(27(28,29)30)34-23-7-4-12-32-14-23/h4,7-14,21,33H,3,5-6,15-17,31H2,1-2H3/b24-13+,34-26?. The quantitative estimate of drug-likeness (QED) is 0.488. The number of rotatable bonds is 8. The van der Waals surface area contributed by atoms with Gasteiger partial charge in [0.15, 0.2) is 5.71 Å². The molecule has 196 valence electrons. The van der Waals surface area contributed by atoms with Crippen LogP contribution in [0.5, 0.6) is 0 Å². The van der Waals surface area contributed by atoms with Crippen LogP contribution < -0.4 is 11.1 Å². The van der Waals surface area contributed by atoms with Crippen LogP contribution in [0.15, 0.2) is 77.0 Å². The number of hydrogen-bond acceptors (Lipinski definition) is 6. The third-order valence-corrected chi connectivity index (χ3v) is 6.67. The van der Waals surface area contributed by atoms with Crippen LogP contribution in [0.4, 0.5) is 24.5 Å². The highest BCUT2D eigenvalue weighted by Gasteiger charge is 2.39. The van der Waals surface area contributed by atoms with Crippen molar-refractivity contribution in [3.8, 4) is 0 Å². The van der Waals surface area contributed by atoms with E-state index in [0.29, 0.717) is 18.2 Å². The van der Waals surface area contributed by atoms with Gasteiger partial charge < -0.3 is 20.9 Å². The molecule has 3 N–H and O–H groups in total. The van der Waals surface area contributed by atoms with E-state index >= 15 is 0 Å². The number of hydrogen-bond donors (Lipinski definition) is 2. The Bertz CT molecular complexity index is 1190. The van der Waals surface area contributed by atoms with Gasteiger partial charge in [0.2, 0.25) is 5.91 Å². The Morgan fingerprint density at radius 1 is 1.24 bits per heavy atom. The number of halogens is 3. The smallest absolute Gasteiger partial charge is 0.403 e. The SMILES string of the molecule is CC(=O)N1CC(C(=C2CCC2)N(C)Cc2ccc(N/C(=C/N)C(=Nc3cccnc3)C(F)(F)F)cc2)C1. The highest BCUT2D eigenvalue weighted by atomic mass is 19.4. The molecule has 7 nitrogen and oxygen atoms in total. The van der Waals surface area contributed by atoms with Crippen molar-refractivity contribution in [3.05, 3.63) is 77.5 Å². The van der Waals surface area contributed by atoms with Crippen molar-refractivity contribution < 1.29 is 18.0 Å². The Labute approximate surface area is 214 Å². The fourth-order valence-electron chi connectivity index (χ4n) is 4.60. The summed E-state index contributed by atoms with van der Waals surface area (Å²) in [5.41, 5.74) is 8.41. The first-order valence-corrected chi connectivity index (χ1v) is 12.2. The van der Waals surface area contributed by atoms with Crippen molar-refractivity contribution >= 4 is 23.0 Å². The first kappa shape index (κ1) is 26.2. The molecule has 2 aromatic rings. The molecule has 0 unspecified atom stereocenters.